The number of rotatable bonds is 5. The molecule has 5 heteroatoms. The highest BCUT2D eigenvalue weighted by atomic mass is 16.5. The molecule has 0 saturated carbocycles. The summed E-state index contributed by atoms with van der Waals surface area (Å²) in [4.78, 5) is 0. The molecule has 98 valence electrons. The molecule has 5 nitrogen and oxygen atoms in total. The van der Waals surface area contributed by atoms with E-state index < -0.39 is 6.10 Å². The van der Waals surface area contributed by atoms with E-state index in [4.69, 9.17) is 9.15 Å². The number of aryl methyl sites for hydroxylation is 2. The maximum absolute atomic E-state index is 10.5. The summed E-state index contributed by atoms with van der Waals surface area (Å²) in [6.07, 6.45) is 3.17. The van der Waals surface area contributed by atoms with Gasteiger partial charge in [-0.15, -0.1) is 0 Å². The third kappa shape index (κ3) is 2.01. The van der Waals surface area contributed by atoms with Gasteiger partial charge in [0.25, 0.3) is 0 Å². The summed E-state index contributed by atoms with van der Waals surface area (Å²) in [6, 6.07) is 1.79. The molecule has 2 aromatic heterocycles. The molecule has 0 aromatic carbocycles. The van der Waals surface area contributed by atoms with E-state index in [1.165, 1.54) is 0 Å². The van der Waals surface area contributed by atoms with Crippen molar-refractivity contribution < 1.29 is 14.3 Å². The van der Waals surface area contributed by atoms with Gasteiger partial charge < -0.3 is 14.3 Å². The number of hydrogen-bond donors (Lipinski definition) is 1. The smallest absolute Gasteiger partial charge is 0.163 e. The highest BCUT2D eigenvalue weighted by Gasteiger charge is 2.24. The molecule has 1 atom stereocenters. The normalized spacial score (nSPS) is 12.7. The fourth-order valence-electron chi connectivity index (χ4n) is 2.09. The second-order valence-electron chi connectivity index (χ2n) is 3.97. The maximum atomic E-state index is 10.5. The second kappa shape index (κ2) is 5.27. The average Bonchev–Trinajstić information content (AvgIpc) is 3.03. The van der Waals surface area contributed by atoms with Crippen molar-refractivity contribution in [2.75, 3.05) is 7.11 Å². The molecule has 0 aliphatic rings. The Hall–Kier alpha value is -1.75. The average molecular weight is 250 g/mol. The standard InChI is InChI=1S/C13H18N2O3/c1-4-10-9(6-7-18-10)13(16)12-11(17-3)8-14-15(12)5-2/h6-8,13,16H,4-5H2,1-3H3. The minimum absolute atomic E-state index is 0.590. The number of aliphatic hydroxyl groups is 1. The third-order valence-corrected chi connectivity index (χ3v) is 3.02. The first-order valence-corrected chi connectivity index (χ1v) is 6.06. The lowest BCUT2D eigenvalue weighted by Gasteiger charge is -2.14. The van der Waals surface area contributed by atoms with Crippen molar-refractivity contribution in [2.45, 2.75) is 32.9 Å². The van der Waals surface area contributed by atoms with Crippen LogP contribution in [0.2, 0.25) is 0 Å². The van der Waals surface area contributed by atoms with Gasteiger partial charge >= 0.3 is 0 Å². The van der Waals surface area contributed by atoms with Gasteiger partial charge in [0, 0.05) is 18.5 Å². The fraction of sp³-hybridized carbons (Fsp3) is 0.462. The first-order chi connectivity index (χ1) is 8.72. The topological polar surface area (TPSA) is 60.4 Å². The minimum Gasteiger partial charge on any atom is -0.493 e. The SMILES string of the molecule is CCc1occc1C(O)c1c(OC)cnn1CC. The van der Waals surface area contributed by atoms with Gasteiger partial charge in [-0.1, -0.05) is 6.92 Å². The molecule has 1 unspecified atom stereocenters. The highest BCUT2D eigenvalue weighted by Crippen LogP contribution is 2.32. The lowest BCUT2D eigenvalue weighted by Crippen LogP contribution is -2.10. The Morgan fingerprint density at radius 2 is 2.28 bits per heavy atom. The summed E-state index contributed by atoms with van der Waals surface area (Å²) < 4.78 is 12.3. The summed E-state index contributed by atoms with van der Waals surface area (Å²) in [6.45, 7) is 4.64. The van der Waals surface area contributed by atoms with Crippen molar-refractivity contribution in [1.82, 2.24) is 9.78 Å². The summed E-state index contributed by atoms with van der Waals surface area (Å²) in [5.74, 6) is 1.38. The van der Waals surface area contributed by atoms with Crippen molar-refractivity contribution in [3.63, 3.8) is 0 Å². The molecule has 0 aliphatic carbocycles. The van der Waals surface area contributed by atoms with E-state index in [9.17, 15) is 5.11 Å². The molecule has 0 aliphatic heterocycles. The van der Waals surface area contributed by atoms with Gasteiger partial charge in [0.15, 0.2) is 5.75 Å². The second-order valence-corrected chi connectivity index (χ2v) is 3.97. The lowest BCUT2D eigenvalue weighted by molar-refractivity contribution is 0.200. The number of aliphatic hydroxyl groups excluding tert-OH is 1. The molecular formula is C13H18N2O3. The number of hydrogen-bond acceptors (Lipinski definition) is 4. The maximum Gasteiger partial charge on any atom is 0.163 e. The molecule has 0 fully saturated rings. The van der Waals surface area contributed by atoms with E-state index in [0.717, 1.165) is 17.7 Å². The monoisotopic (exact) mass is 250 g/mol. The molecule has 0 saturated heterocycles. The van der Waals surface area contributed by atoms with Crippen LogP contribution in [-0.4, -0.2) is 22.0 Å². The van der Waals surface area contributed by atoms with Gasteiger partial charge in [0.2, 0.25) is 0 Å². The summed E-state index contributed by atoms with van der Waals surface area (Å²) in [7, 11) is 1.57. The van der Waals surface area contributed by atoms with Gasteiger partial charge in [-0.2, -0.15) is 5.10 Å². The van der Waals surface area contributed by atoms with Crippen LogP contribution in [-0.2, 0) is 13.0 Å². The van der Waals surface area contributed by atoms with Crippen LogP contribution in [0.15, 0.2) is 22.9 Å². The number of furan rings is 1. The molecule has 18 heavy (non-hydrogen) atoms. The Bertz CT molecular complexity index is 495. The van der Waals surface area contributed by atoms with Crippen LogP contribution in [0, 0.1) is 0 Å². The van der Waals surface area contributed by atoms with Crippen molar-refractivity contribution in [3.05, 3.63) is 35.5 Å². The Balaban J connectivity index is 2.44. The Morgan fingerprint density at radius 3 is 2.89 bits per heavy atom. The van der Waals surface area contributed by atoms with Crippen molar-refractivity contribution in [3.8, 4) is 5.75 Å². The number of aromatic nitrogens is 2. The van der Waals surface area contributed by atoms with E-state index in [-0.39, 0.29) is 0 Å². The largest absolute Gasteiger partial charge is 0.493 e. The van der Waals surface area contributed by atoms with Crippen molar-refractivity contribution in [2.24, 2.45) is 0 Å². The zero-order valence-electron chi connectivity index (χ0n) is 10.9. The Kier molecular flexibility index (Phi) is 3.72. The molecular weight excluding hydrogens is 232 g/mol. The number of ether oxygens (including phenoxy) is 1. The molecule has 2 aromatic rings. The highest BCUT2D eigenvalue weighted by molar-refractivity contribution is 5.35. The van der Waals surface area contributed by atoms with E-state index >= 15 is 0 Å². The van der Waals surface area contributed by atoms with Crippen LogP contribution in [0.4, 0.5) is 0 Å². The molecule has 0 radical (unpaired) electrons. The first kappa shape index (κ1) is 12.7. The van der Waals surface area contributed by atoms with Crippen LogP contribution in [0.5, 0.6) is 5.75 Å². The zero-order valence-corrected chi connectivity index (χ0v) is 10.9. The van der Waals surface area contributed by atoms with Gasteiger partial charge in [0.1, 0.15) is 17.6 Å². The fourth-order valence-corrected chi connectivity index (χ4v) is 2.09. The zero-order chi connectivity index (χ0) is 13.1. The van der Waals surface area contributed by atoms with Crippen LogP contribution in [0.3, 0.4) is 0 Å². The van der Waals surface area contributed by atoms with Gasteiger partial charge in [-0.05, 0) is 13.0 Å². The van der Waals surface area contributed by atoms with E-state index in [2.05, 4.69) is 5.10 Å². The van der Waals surface area contributed by atoms with E-state index in [1.54, 1.807) is 30.3 Å². The lowest BCUT2D eigenvalue weighted by atomic mass is 10.1. The number of methoxy groups -OCH3 is 1. The van der Waals surface area contributed by atoms with Crippen molar-refractivity contribution >= 4 is 0 Å². The quantitative estimate of drug-likeness (QED) is 0.883. The summed E-state index contributed by atoms with van der Waals surface area (Å²) >= 11 is 0. The summed E-state index contributed by atoms with van der Waals surface area (Å²) in [5.41, 5.74) is 1.43. The molecule has 0 spiro atoms. The Labute approximate surface area is 106 Å². The minimum atomic E-state index is -0.781. The van der Waals surface area contributed by atoms with Gasteiger partial charge in [-0.25, -0.2) is 0 Å². The third-order valence-electron chi connectivity index (χ3n) is 3.02. The van der Waals surface area contributed by atoms with E-state index in [1.807, 2.05) is 13.8 Å². The number of nitrogens with zero attached hydrogens (tertiary/aromatic N) is 2. The van der Waals surface area contributed by atoms with Crippen LogP contribution in [0.1, 0.15) is 37.0 Å². The summed E-state index contributed by atoms with van der Waals surface area (Å²) in [5, 5.41) is 14.7. The van der Waals surface area contributed by atoms with Gasteiger partial charge in [0.05, 0.1) is 19.6 Å². The molecule has 0 amide bonds. The Morgan fingerprint density at radius 1 is 1.50 bits per heavy atom. The molecule has 2 heterocycles. The van der Waals surface area contributed by atoms with Crippen LogP contribution < -0.4 is 4.74 Å². The van der Waals surface area contributed by atoms with Crippen LogP contribution >= 0.6 is 0 Å². The predicted molar refractivity (Wildman–Crippen MR) is 66.6 cm³/mol. The van der Waals surface area contributed by atoms with Crippen molar-refractivity contribution in [1.29, 1.82) is 0 Å². The molecule has 1 N–H and O–H groups in total. The van der Waals surface area contributed by atoms with Crippen LogP contribution in [0.25, 0.3) is 0 Å². The molecule has 0 bridgehead atoms. The van der Waals surface area contributed by atoms with E-state index in [0.29, 0.717) is 18.0 Å². The predicted octanol–water partition coefficient (Wildman–Crippen LogP) is 2.15. The first-order valence-electron chi connectivity index (χ1n) is 6.06. The van der Waals surface area contributed by atoms with Gasteiger partial charge in [-0.3, -0.25) is 4.68 Å². The molecule has 2 rings (SSSR count).